The predicted octanol–water partition coefficient (Wildman–Crippen LogP) is 2.58. The summed E-state index contributed by atoms with van der Waals surface area (Å²) in [5, 5.41) is 9.66. The van der Waals surface area contributed by atoms with Crippen molar-refractivity contribution in [3.8, 4) is 5.75 Å². The van der Waals surface area contributed by atoms with E-state index in [1.54, 1.807) is 6.07 Å². The molecule has 1 aromatic rings. The lowest BCUT2D eigenvalue weighted by atomic mass is 9.94. The average Bonchev–Trinajstić information content (AvgIpc) is 2.17. The number of phenolic OH excluding ortho intramolecular Hbond substituents is 1. The zero-order chi connectivity index (χ0) is 10.7. The normalized spacial score (nSPS) is 13.2. The molecule has 0 fully saturated rings. The van der Waals surface area contributed by atoms with E-state index in [2.05, 4.69) is 19.9 Å². The highest BCUT2D eigenvalue weighted by molar-refractivity contribution is 5.39. The average molecular weight is 193 g/mol. The molecule has 14 heavy (non-hydrogen) atoms. The van der Waals surface area contributed by atoms with E-state index >= 15 is 0 Å². The van der Waals surface area contributed by atoms with Crippen molar-refractivity contribution in [3.63, 3.8) is 0 Å². The van der Waals surface area contributed by atoms with Gasteiger partial charge >= 0.3 is 0 Å². The van der Waals surface area contributed by atoms with Crippen LogP contribution in [0.5, 0.6) is 5.75 Å². The lowest BCUT2D eigenvalue weighted by Crippen LogP contribution is -2.09. The number of rotatable bonds is 3. The summed E-state index contributed by atoms with van der Waals surface area (Å²) in [6, 6.07) is 5.78. The summed E-state index contributed by atoms with van der Waals surface area (Å²) in [6.45, 7) is 6.88. The largest absolute Gasteiger partial charge is 0.508 e. The summed E-state index contributed by atoms with van der Waals surface area (Å²) in [5.41, 5.74) is 7.79. The first kappa shape index (κ1) is 11.1. The Labute approximate surface area is 85.8 Å². The van der Waals surface area contributed by atoms with Crippen molar-refractivity contribution in [2.75, 3.05) is 6.54 Å². The van der Waals surface area contributed by atoms with Crippen LogP contribution in [0, 0.1) is 0 Å². The first-order chi connectivity index (χ1) is 6.56. The van der Waals surface area contributed by atoms with Crippen LogP contribution in [0.25, 0.3) is 0 Å². The Morgan fingerprint density at radius 3 is 2.43 bits per heavy atom. The van der Waals surface area contributed by atoms with E-state index in [0.717, 1.165) is 5.56 Å². The quantitative estimate of drug-likeness (QED) is 0.775. The third kappa shape index (κ3) is 2.26. The van der Waals surface area contributed by atoms with Crippen molar-refractivity contribution in [3.05, 3.63) is 29.3 Å². The lowest BCUT2D eigenvalue weighted by Gasteiger charge is -2.14. The summed E-state index contributed by atoms with van der Waals surface area (Å²) in [5.74, 6) is 1.06. The maximum atomic E-state index is 9.66. The van der Waals surface area contributed by atoms with Crippen LogP contribution in [-0.4, -0.2) is 11.7 Å². The molecule has 0 aliphatic carbocycles. The molecule has 0 aliphatic rings. The number of hydrogen-bond acceptors (Lipinski definition) is 2. The minimum absolute atomic E-state index is 0.216. The summed E-state index contributed by atoms with van der Waals surface area (Å²) < 4.78 is 0. The van der Waals surface area contributed by atoms with Crippen molar-refractivity contribution < 1.29 is 5.11 Å². The Morgan fingerprint density at radius 1 is 1.29 bits per heavy atom. The first-order valence-electron chi connectivity index (χ1n) is 5.09. The zero-order valence-electron chi connectivity index (χ0n) is 9.12. The number of hydrogen-bond donors (Lipinski definition) is 2. The van der Waals surface area contributed by atoms with E-state index in [9.17, 15) is 5.11 Å². The molecule has 1 aromatic carbocycles. The molecule has 0 radical (unpaired) electrons. The smallest absolute Gasteiger partial charge is 0.119 e. The zero-order valence-corrected chi connectivity index (χ0v) is 9.12. The van der Waals surface area contributed by atoms with Crippen LogP contribution in [0.2, 0.25) is 0 Å². The number of phenols is 1. The highest BCUT2D eigenvalue weighted by atomic mass is 16.3. The van der Waals surface area contributed by atoms with Gasteiger partial charge in [-0.05, 0) is 35.6 Å². The van der Waals surface area contributed by atoms with Gasteiger partial charge in [0.25, 0.3) is 0 Å². The second-order valence-corrected chi connectivity index (χ2v) is 4.11. The topological polar surface area (TPSA) is 46.2 Å². The third-order valence-electron chi connectivity index (χ3n) is 2.60. The summed E-state index contributed by atoms with van der Waals surface area (Å²) in [7, 11) is 0. The van der Waals surface area contributed by atoms with E-state index < -0.39 is 0 Å². The van der Waals surface area contributed by atoms with Crippen LogP contribution in [0.4, 0.5) is 0 Å². The monoisotopic (exact) mass is 193 g/mol. The molecule has 1 unspecified atom stereocenters. The molecule has 2 nitrogen and oxygen atoms in total. The molecule has 0 aliphatic heterocycles. The van der Waals surface area contributed by atoms with Gasteiger partial charge in [-0.2, -0.15) is 0 Å². The minimum Gasteiger partial charge on any atom is -0.508 e. The molecule has 1 rings (SSSR count). The molecule has 0 aromatic heterocycles. The van der Waals surface area contributed by atoms with Gasteiger partial charge in [0.05, 0.1) is 0 Å². The molecular formula is C12H19NO. The molecule has 2 heteroatoms. The van der Waals surface area contributed by atoms with Crippen LogP contribution >= 0.6 is 0 Å². The second-order valence-electron chi connectivity index (χ2n) is 4.11. The van der Waals surface area contributed by atoms with E-state index in [-0.39, 0.29) is 5.92 Å². The summed E-state index contributed by atoms with van der Waals surface area (Å²) in [4.78, 5) is 0. The molecule has 3 N–H and O–H groups in total. The van der Waals surface area contributed by atoms with Gasteiger partial charge in [0.15, 0.2) is 0 Å². The maximum absolute atomic E-state index is 9.66. The van der Waals surface area contributed by atoms with Crippen molar-refractivity contribution in [1.29, 1.82) is 0 Å². The molecule has 0 spiro atoms. The Kier molecular flexibility index (Phi) is 3.53. The van der Waals surface area contributed by atoms with Gasteiger partial charge in [0.1, 0.15) is 5.75 Å². The molecule has 0 bridgehead atoms. The van der Waals surface area contributed by atoms with Gasteiger partial charge in [-0.15, -0.1) is 0 Å². The first-order valence-corrected chi connectivity index (χ1v) is 5.09. The number of nitrogens with two attached hydrogens (primary N) is 1. The van der Waals surface area contributed by atoms with Crippen LogP contribution in [0.15, 0.2) is 18.2 Å². The fourth-order valence-electron chi connectivity index (χ4n) is 1.45. The Bertz CT molecular complexity index is 307. The molecule has 78 valence electrons. The van der Waals surface area contributed by atoms with E-state index in [1.807, 2.05) is 13.0 Å². The van der Waals surface area contributed by atoms with Crippen LogP contribution in [0.1, 0.15) is 43.7 Å². The van der Waals surface area contributed by atoms with Gasteiger partial charge in [-0.3, -0.25) is 0 Å². The van der Waals surface area contributed by atoms with Crippen molar-refractivity contribution in [2.45, 2.75) is 32.6 Å². The SMILES string of the molecule is CC(C)c1ccc(O)c(C(C)CN)c1. The third-order valence-corrected chi connectivity index (χ3v) is 2.60. The van der Waals surface area contributed by atoms with E-state index in [1.165, 1.54) is 5.56 Å². The highest BCUT2D eigenvalue weighted by Gasteiger charge is 2.10. The molecular weight excluding hydrogens is 174 g/mol. The molecule has 0 amide bonds. The van der Waals surface area contributed by atoms with Crippen LogP contribution < -0.4 is 5.73 Å². The van der Waals surface area contributed by atoms with E-state index in [0.29, 0.717) is 18.2 Å². The van der Waals surface area contributed by atoms with E-state index in [4.69, 9.17) is 5.73 Å². The molecule has 0 saturated heterocycles. The standard InChI is InChI=1S/C12H19NO/c1-8(2)10-4-5-12(14)11(6-10)9(3)7-13/h4-6,8-9,14H,7,13H2,1-3H3. The van der Waals surface area contributed by atoms with Gasteiger partial charge in [0, 0.05) is 0 Å². The molecule has 1 atom stereocenters. The number of aromatic hydroxyl groups is 1. The fourth-order valence-corrected chi connectivity index (χ4v) is 1.45. The summed E-state index contributed by atoms with van der Waals surface area (Å²) >= 11 is 0. The highest BCUT2D eigenvalue weighted by Crippen LogP contribution is 2.28. The van der Waals surface area contributed by atoms with Crippen molar-refractivity contribution in [2.24, 2.45) is 5.73 Å². The maximum Gasteiger partial charge on any atom is 0.119 e. The lowest BCUT2D eigenvalue weighted by molar-refractivity contribution is 0.463. The van der Waals surface area contributed by atoms with Crippen LogP contribution in [0.3, 0.4) is 0 Å². The Hall–Kier alpha value is -1.02. The fraction of sp³-hybridized carbons (Fsp3) is 0.500. The second kappa shape index (κ2) is 4.47. The minimum atomic E-state index is 0.216. The van der Waals surface area contributed by atoms with Gasteiger partial charge in [0.2, 0.25) is 0 Å². The van der Waals surface area contributed by atoms with Gasteiger partial charge in [-0.1, -0.05) is 32.9 Å². The molecule has 0 heterocycles. The predicted molar refractivity (Wildman–Crippen MR) is 59.7 cm³/mol. The molecule has 0 saturated carbocycles. The van der Waals surface area contributed by atoms with Crippen molar-refractivity contribution >= 4 is 0 Å². The van der Waals surface area contributed by atoms with Crippen LogP contribution in [-0.2, 0) is 0 Å². The van der Waals surface area contributed by atoms with Gasteiger partial charge in [-0.25, -0.2) is 0 Å². The number of benzene rings is 1. The summed E-state index contributed by atoms with van der Waals surface area (Å²) in [6.07, 6.45) is 0. The Morgan fingerprint density at radius 2 is 1.93 bits per heavy atom. The Balaban J connectivity index is 3.08. The van der Waals surface area contributed by atoms with Crippen molar-refractivity contribution in [1.82, 2.24) is 0 Å². The van der Waals surface area contributed by atoms with Gasteiger partial charge < -0.3 is 10.8 Å².